The minimum absolute atomic E-state index is 0.106. The molecule has 1 aliphatic carbocycles. The van der Waals surface area contributed by atoms with E-state index in [1.165, 1.54) is 0 Å². The third-order valence-corrected chi connectivity index (χ3v) is 5.85. The molecule has 122 valence electrons. The number of hydrogen-bond donors (Lipinski definition) is 0. The lowest BCUT2D eigenvalue weighted by atomic mass is 9.79. The number of para-hydroxylation sites is 1. The minimum Gasteiger partial charge on any atom is -0.458 e. The molecule has 4 heteroatoms. The average Bonchev–Trinajstić information content (AvgIpc) is 3.28. The summed E-state index contributed by atoms with van der Waals surface area (Å²) in [7, 11) is 0. The highest BCUT2D eigenvalue weighted by Crippen LogP contribution is 2.42. The number of thiazole rings is 1. The van der Waals surface area contributed by atoms with Crippen LogP contribution in [0.1, 0.15) is 36.3 Å². The molecule has 0 amide bonds. The van der Waals surface area contributed by atoms with Crippen molar-refractivity contribution in [3.05, 3.63) is 65.2 Å². The standard InChI is InChI=1S/C20H19NO2S/c22-19(20(12-6-7-13-20)15-8-2-1-3-9-15)23-14-18-21-16-10-4-5-11-17(16)24-18/h1-5,8-11H,6-7,12-14H2. The van der Waals surface area contributed by atoms with Crippen LogP contribution < -0.4 is 0 Å². The molecule has 0 radical (unpaired) electrons. The van der Waals surface area contributed by atoms with Crippen LogP contribution in [0.25, 0.3) is 10.2 Å². The van der Waals surface area contributed by atoms with Gasteiger partial charge in [0.25, 0.3) is 0 Å². The largest absolute Gasteiger partial charge is 0.458 e. The number of esters is 1. The van der Waals surface area contributed by atoms with E-state index in [1.54, 1.807) is 11.3 Å². The molecule has 3 nitrogen and oxygen atoms in total. The van der Waals surface area contributed by atoms with Gasteiger partial charge in [0.2, 0.25) is 0 Å². The fraction of sp³-hybridized carbons (Fsp3) is 0.300. The van der Waals surface area contributed by atoms with E-state index in [-0.39, 0.29) is 12.6 Å². The minimum atomic E-state index is -0.474. The highest BCUT2D eigenvalue weighted by molar-refractivity contribution is 7.18. The Labute approximate surface area is 145 Å². The molecule has 3 aromatic rings. The summed E-state index contributed by atoms with van der Waals surface area (Å²) >= 11 is 1.59. The number of rotatable bonds is 4. The first kappa shape index (κ1) is 15.3. The molecule has 0 atom stereocenters. The average molecular weight is 337 g/mol. The summed E-state index contributed by atoms with van der Waals surface area (Å²) in [6.45, 7) is 0.257. The molecule has 0 spiro atoms. The van der Waals surface area contributed by atoms with Crippen molar-refractivity contribution < 1.29 is 9.53 Å². The Hall–Kier alpha value is -2.20. The Bertz CT molecular complexity index is 817. The topological polar surface area (TPSA) is 39.2 Å². The molecule has 2 aromatic carbocycles. The molecule has 1 fully saturated rings. The van der Waals surface area contributed by atoms with Gasteiger partial charge in [-0.2, -0.15) is 0 Å². The number of hydrogen-bond acceptors (Lipinski definition) is 4. The molecular formula is C20H19NO2S. The van der Waals surface area contributed by atoms with E-state index in [9.17, 15) is 4.79 Å². The van der Waals surface area contributed by atoms with Crippen LogP contribution in [0.15, 0.2) is 54.6 Å². The summed E-state index contributed by atoms with van der Waals surface area (Å²) in [4.78, 5) is 17.5. The summed E-state index contributed by atoms with van der Waals surface area (Å²) in [6, 6.07) is 18.1. The van der Waals surface area contributed by atoms with Crippen molar-refractivity contribution >= 4 is 27.5 Å². The van der Waals surface area contributed by atoms with Gasteiger partial charge in [-0.15, -0.1) is 11.3 Å². The third kappa shape index (κ3) is 2.71. The molecule has 0 bridgehead atoms. The first-order valence-electron chi connectivity index (χ1n) is 8.35. The van der Waals surface area contributed by atoms with Gasteiger partial charge in [-0.05, 0) is 30.5 Å². The predicted molar refractivity (Wildman–Crippen MR) is 96.0 cm³/mol. The maximum Gasteiger partial charge on any atom is 0.316 e. The van der Waals surface area contributed by atoms with Gasteiger partial charge in [-0.3, -0.25) is 4.79 Å². The summed E-state index contributed by atoms with van der Waals surface area (Å²) < 4.78 is 6.84. The van der Waals surface area contributed by atoms with Crippen LogP contribution in [-0.4, -0.2) is 11.0 Å². The van der Waals surface area contributed by atoms with Crippen molar-refractivity contribution in [3.8, 4) is 0 Å². The quantitative estimate of drug-likeness (QED) is 0.639. The lowest BCUT2D eigenvalue weighted by Gasteiger charge is -2.27. The van der Waals surface area contributed by atoms with Crippen LogP contribution in [0, 0.1) is 0 Å². The molecule has 1 aromatic heterocycles. The molecule has 0 N–H and O–H groups in total. The van der Waals surface area contributed by atoms with E-state index in [1.807, 2.05) is 54.6 Å². The Kier molecular flexibility index (Phi) is 4.07. The first-order chi connectivity index (χ1) is 11.8. The molecule has 1 saturated carbocycles. The monoisotopic (exact) mass is 337 g/mol. The number of aromatic nitrogens is 1. The van der Waals surface area contributed by atoms with E-state index in [2.05, 4.69) is 4.98 Å². The van der Waals surface area contributed by atoms with Gasteiger partial charge in [-0.25, -0.2) is 4.98 Å². The fourth-order valence-corrected chi connectivity index (χ4v) is 4.47. The highest BCUT2D eigenvalue weighted by Gasteiger charge is 2.44. The van der Waals surface area contributed by atoms with E-state index in [4.69, 9.17) is 4.74 Å². The van der Waals surface area contributed by atoms with Gasteiger partial charge in [0, 0.05) is 0 Å². The highest BCUT2D eigenvalue weighted by atomic mass is 32.1. The predicted octanol–water partition coefficient (Wildman–Crippen LogP) is 4.85. The lowest BCUT2D eigenvalue weighted by molar-refractivity contribution is -0.152. The summed E-state index contributed by atoms with van der Waals surface area (Å²) in [5.41, 5.74) is 1.57. The second-order valence-electron chi connectivity index (χ2n) is 6.31. The first-order valence-corrected chi connectivity index (χ1v) is 9.17. The Morgan fingerprint density at radius 2 is 1.75 bits per heavy atom. The molecule has 0 unspecified atom stereocenters. The molecule has 1 heterocycles. The van der Waals surface area contributed by atoms with Gasteiger partial charge in [-0.1, -0.05) is 55.3 Å². The number of ether oxygens (including phenoxy) is 1. The fourth-order valence-electron chi connectivity index (χ4n) is 3.59. The summed E-state index contributed by atoms with van der Waals surface area (Å²) in [5, 5.41) is 0.853. The van der Waals surface area contributed by atoms with E-state index in [0.29, 0.717) is 0 Å². The van der Waals surface area contributed by atoms with Crippen molar-refractivity contribution in [2.45, 2.75) is 37.7 Å². The van der Waals surface area contributed by atoms with Crippen LogP contribution in [-0.2, 0) is 21.6 Å². The zero-order valence-corrected chi connectivity index (χ0v) is 14.2. The van der Waals surface area contributed by atoms with E-state index >= 15 is 0 Å². The summed E-state index contributed by atoms with van der Waals surface area (Å²) in [5.74, 6) is -0.106. The van der Waals surface area contributed by atoms with Crippen LogP contribution in [0.4, 0.5) is 0 Å². The van der Waals surface area contributed by atoms with Gasteiger partial charge in [0.15, 0.2) is 0 Å². The summed E-state index contributed by atoms with van der Waals surface area (Å²) in [6.07, 6.45) is 3.89. The molecule has 4 rings (SSSR count). The lowest BCUT2D eigenvalue weighted by Crippen LogP contribution is -2.34. The maximum absolute atomic E-state index is 12.9. The van der Waals surface area contributed by atoms with Gasteiger partial charge < -0.3 is 4.74 Å². The molecule has 24 heavy (non-hydrogen) atoms. The number of carbonyl (C=O) groups excluding carboxylic acids is 1. The van der Waals surface area contributed by atoms with Crippen LogP contribution in [0.2, 0.25) is 0 Å². The van der Waals surface area contributed by atoms with E-state index in [0.717, 1.165) is 46.5 Å². The Morgan fingerprint density at radius 3 is 2.50 bits per heavy atom. The van der Waals surface area contributed by atoms with Gasteiger partial charge in [0.1, 0.15) is 11.6 Å². The molecule has 0 aliphatic heterocycles. The van der Waals surface area contributed by atoms with Crippen molar-refractivity contribution in [1.82, 2.24) is 4.98 Å². The van der Waals surface area contributed by atoms with Crippen LogP contribution in [0.5, 0.6) is 0 Å². The van der Waals surface area contributed by atoms with Crippen molar-refractivity contribution in [2.75, 3.05) is 0 Å². The van der Waals surface area contributed by atoms with E-state index < -0.39 is 5.41 Å². The van der Waals surface area contributed by atoms with Crippen LogP contribution in [0.3, 0.4) is 0 Å². The number of nitrogens with zero attached hydrogens (tertiary/aromatic N) is 1. The van der Waals surface area contributed by atoms with Gasteiger partial charge in [0.05, 0.1) is 15.6 Å². The zero-order valence-electron chi connectivity index (χ0n) is 13.4. The molecule has 0 saturated heterocycles. The number of carbonyl (C=O) groups is 1. The zero-order chi connectivity index (χ0) is 16.4. The smallest absolute Gasteiger partial charge is 0.316 e. The number of fused-ring (bicyclic) bond motifs is 1. The van der Waals surface area contributed by atoms with Gasteiger partial charge >= 0.3 is 5.97 Å². The second-order valence-corrected chi connectivity index (χ2v) is 7.42. The van der Waals surface area contributed by atoms with Crippen molar-refractivity contribution in [3.63, 3.8) is 0 Å². The Balaban J connectivity index is 1.53. The molecular weight excluding hydrogens is 318 g/mol. The third-order valence-electron chi connectivity index (χ3n) is 4.84. The normalized spacial score (nSPS) is 16.3. The second kappa shape index (κ2) is 6.36. The van der Waals surface area contributed by atoms with Crippen molar-refractivity contribution in [2.24, 2.45) is 0 Å². The Morgan fingerprint density at radius 1 is 1.04 bits per heavy atom. The SMILES string of the molecule is O=C(OCc1nc2ccccc2s1)C1(c2ccccc2)CCCC1. The van der Waals surface area contributed by atoms with Crippen molar-refractivity contribution in [1.29, 1.82) is 0 Å². The number of benzene rings is 2. The van der Waals surface area contributed by atoms with Crippen LogP contribution >= 0.6 is 11.3 Å². The molecule has 1 aliphatic rings. The maximum atomic E-state index is 12.9.